The van der Waals surface area contributed by atoms with Crippen LogP contribution in [0, 0.1) is 10.1 Å². The first kappa shape index (κ1) is 20.5. The van der Waals surface area contributed by atoms with Gasteiger partial charge in [0.05, 0.1) is 4.92 Å². The van der Waals surface area contributed by atoms with E-state index < -0.39 is 14.9 Å². The van der Waals surface area contributed by atoms with E-state index in [1.807, 2.05) is 30.3 Å². The zero-order valence-electron chi connectivity index (χ0n) is 12.7. The van der Waals surface area contributed by atoms with Crippen LogP contribution in [0.15, 0.2) is 46.7 Å². The molecule has 0 saturated heterocycles. The quantitative estimate of drug-likeness (QED) is 0.548. The van der Waals surface area contributed by atoms with Gasteiger partial charge in [-0.05, 0) is 29.4 Å². The van der Waals surface area contributed by atoms with E-state index in [9.17, 15) is 18.5 Å². The number of halogens is 1. The Morgan fingerprint density at radius 2 is 1.79 bits per heavy atom. The summed E-state index contributed by atoms with van der Waals surface area (Å²) in [5.41, 5.74) is 6.53. The Morgan fingerprint density at radius 3 is 2.33 bits per heavy atom. The summed E-state index contributed by atoms with van der Waals surface area (Å²) in [4.78, 5) is 10.1. The summed E-state index contributed by atoms with van der Waals surface area (Å²) in [7, 11) is -3.78. The Kier molecular flexibility index (Phi) is 7.77. The van der Waals surface area contributed by atoms with E-state index in [1.54, 1.807) is 0 Å². The molecule has 2 N–H and O–H groups in total. The number of thiophene rings is 1. The van der Waals surface area contributed by atoms with Gasteiger partial charge in [0.2, 0.25) is 0 Å². The minimum absolute atomic E-state index is 0. The number of nitrogens with zero attached hydrogens (tertiary/aromatic N) is 2. The molecule has 0 aliphatic carbocycles. The van der Waals surface area contributed by atoms with Crippen molar-refractivity contribution in [3.63, 3.8) is 0 Å². The number of benzene rings is 1. The van der Waals surface area contributed by atoms with Gasteiger partial charge in [0.1, 0.15) is 4.21 Å². The fraction of sp³-hybridized carbons (Fsp3) is 0.286. The zero-order chi connectivity index (χ0) is 16.9. The van der Waals surface area contributed by atoms with Crippen LogP contribution in [-0.4, -0.2) is 37.3 Å². The average Bonchev–Trinajstić information content (AvgIpc) is 3.03. The van der Waals surface area contributed by atoms with Gasteiger partial charge in [0.15, 0.2) is 0 Å². The molecule has 0 amide bonds. The van der Waals surface area contributed by atoms with Gasteiger partial charge < -0.3 is 5.73 Å². The average molecular weight is 392 g/mol. The Labute approximate surface area is 150 Å². The Morgan fingerprint density at radius 1 is 1.12 bits per heavy atom. The summed E-state index contributed by atoms with van der Waals surface area (Å²) in [6, 6.07) is 12.0. The second-order valence-electron chi connectivity index (χ2n) is 4.78. The molecule has 0 spiro atoms. The molecular formula is C14H18ClN3O4S2. The summed E-state index contributed by atoms with van der Waals surface area (Å²) in [5, 5.41) is 10.5. The van der Waals surface area contributed by atoms with Crippen LogP contribution in [0.1, 0.15) is 5.56 Å². The number of sulfonamides is 1. The van der Waals surface area contributed by atoms with E-state index in [2.05, 4.69) is 0 Å². The lowest BCUT2D eigenvalue weighted by atomic mass is 10.1. The predicted octanol–water partition coefficient (Wildman–Crippen LogP) is 2.27. The van der Waals surface area contributed by atoms with Crippen molar-refractivity contribution < 1.29 is 13.3 Å². The molecule has 1 aromatic heterocycles. The molecule has 0 bridgehead atoms. The van der Waals surface area contributed by atoms with Crippen LogP contribution in [0.3, 0.4) is 0 Å². The van der Waals surface area contributed by atoms with Crippen LogP contribution in [0.5, 0.6) is 0 Å². The topological polar surface area (TPSA) is 107 Å². The van der Waals surface area contributed by atoms with Crippen LogP contribution in [0.25, 0.3) is 0 Å². The third kappa shape index (κ3) is 4.99. The largest absolute Gasteiger partial charge is 0.329 e. The lowest BCUT2D eigenvalue weighted by Gasteiger charge is -2.20. The highest BCUT2D eigenvalue weighted by Gasteiger charge is 2.27. The fourth-order valence-electron chi connectivity index (χ4n) is 2.07. The Bertz CT molecular complexity index is 765. The monoisotopic (exact) mass is 391 g/mol. The maximum atomic E-state index is 12.6. The number of nitrogens with two attached hydrogens (primary N) is 1. The molecule has 10 heteroatoms. The van der Waals surface area contributed by atoms with Gasteiger partial charge in [-0.2, -0.15) is 4.31 Å². The lowest BCUT2D eigenvalue weighted by Crippen LogP contribution is -2.36. The predicted molar refractivity (Wildman–Crippen MR) is 96.2 cm³/mol. The highest BCUT2D eigenvalue weighted by Crippen LogP contribution is 2.29. The second-order valence-corrected chi connectivity index (χ2v) is 8.01. The van der Waals surface area contributed by atoms with Crippen molar-refractivity contribution >= 4 is 38.8 Å². The van der Waals surface area contributed by atoms with Crippen molar-refractivity contribution in [2.45, 2.75) is 10.6 Å². The van der Waals surface area contributed by atoms with E-state index in [-0.39, 0.29) is 41.3 Å². The molecule has 2 rings (SSSR count). The SMILES string of the molecule is Cl.NCCN(CCc1ccccc1)S(=O)(=O)c1ccc([N+](=O)[O-])s1. The van der Waals surface area contributed by atoms with Gasteiger partial charge in [-0.3, -0.25) is 10.1 Å². The molecule has 0 aliphatic heterocycles. The summed E-state index contributed by atoms with van der Waals surface area (Å²) < 4.78 is 26.5. The zero-order valence-corrected chi connectivity index (χ0v) is 15.1. The maximum Gasteiger partial charge on any atom is 0.325 e. The van der Waals surface area contributed by atoms with Crippen molar-refractivity contribution in [2.24, 2.45) is 5.73 Å². The van der Waals surface area contributed by atoms with Gasteiger partial charge >= 0.3 is 5.00 Å². The van der Waals surface area contributed by atoms with Crippen LogP contribution in [0.4, 0.5) is 5.00 Å². The summed E-state index contributed by atoms with van der Waals surface area (Å²) in [6.07, 6.45) is 0.549. The smallest absolute Gasteiger partial charge is 0.325 e. The maximum absolute atomic E-state index is 12.6. The lowest BCUT2D eigenvalue weighted by molar-refractivity contribution is -0.380. The summed E-state index contributed by atoms with van der Waals surface area (Å²) in [5.74, 6) is 0. The molecule has 0 saturated carbocycles. The molecule has 1 heterocycles. The van der Waals surface area contributed by atoms with Gasteiger partial charge in [-0.15, -0.1) is 12.4 Å². The van der Waals surface area contributed by atoms with Crippen LogP contribution < -0.4 is 5.73 Å². The Hall–Kier alpha value is -1.52. The van der Waals surface area contributed by atoms with E-state index >= 15 is 0 Å². The number of nitro groups is 1. The molecule has 0 unspecified atom stereocenters. The van der Waals surface area contributed by atoms with E-state index in [0.29, 0.717) is 17.8 Å². The first-order valence-corrected chi connectivity index (χ1v) is 9.19. The molecule has 0 atom stereocenters. The van der Waals surface area contributed by atoms with Crippen molar-refractivity contribution in [3.8, 4) is 0 Å². The summed E-state index contributed by atoms with van der Waals surface area (Å²) in [6.45, 7) is 0.623. The van der Waals surface area contributed by atoms with Gasteiger partial charge in [0, 0.05) is 25.7 Å². The highest BCUT2D eigenvalue weighted by atomic mass is 35.5. The molecule has 0 aliphatic rings. The van der Waals surface area contributed by atoms with Gasteiger partial charge in [-0.1, -0.05) is 30.3 Å². The van der Waals surface area contributed by atoms with Crippen molar-refractivity contribution in [2.75, 3.05) is 19.6 Å². The van der Waals surface area contributed by atoms with E-state index in [0.717, 1.165) is 5.56 Å². The van der Waals surface area contributed by atoms with Crippen LogP contribution >= 0.6 is 23.7 Å². The number of hydrogen-bond donors (Lipinski definition) is 1. The third-order valence-electron chi connectivity index (χ3n) is 3.21. The molecule has 7 nitrogen and oxygen atoms in total. The molecule has 0 fully saturated rings. The number of rotatable bonds is 8. The molecule has 2 aromatic rings. The molecule has 132 valence electrons. The first-order valence-electron chi connectivity index (χ1n) is 6.93. The first-order chi connectivity index (χ1) is 10.9. The minimum atomic E-state index is -3.78. The van der Waals surface area contributed by atoms with Crippen LogP contribution in [0.2, 0.25) is 0 Å². The molecule has 0 radical (unpaired) electrons. The highest BCUT2D eigenvalue weighted by molar-refractivity contribution is 7.91. The number of hydrogen-bond acceptors (Lipinski definition) is 6. The van der Waals surface area contributed by atoms with Crippen LogP contribution in [-0.2, 0) is 16.4 Å². The third-order valence-corrected chi connectivity index (χ3v) is 6.62. The van der Waals surface area contributed by atoms with Gasteiger partial charge in [-0.25, -0.2) is 8.42 Å². The fourth-order valence-corrected chi connectivity index (χ4v) is 4.79. The van der Waals surface area contributed by atoms with Crippen molar-refractivity contribution in [1.82, 2.24) is 4.31 Å². The molecule has 1 aromatic carbocycles. The van der Waals surface area contributed by atoms with Crippen molar-refractivity contribution in [3.05, 3.63) is 58.1 Å². The molecule has 24 heavy (non-hydrogen) atoms. The van der Waals surface area contributed by atoms with Crippen molar-refractivity contribution in [1.29, 1.82) is 0 Å². The second kappa shape index (κ2) is 9.09. The van der Waals surface area contributed by atoms with E-state index in [4.69, 9.17) is 5.73 Å². The Balaban J connectivity index is 0.00000288. The minimum Gasteiger partial charge on any atom is -0.329 e. The van der Waals surface area contributed by atoms with E-state index in [1.165, 1.54) is 16.4 Å². The molecular weight excluding hydrogens is 374 g/mol. The summed E-state index contributed by atoms with van der Waals surface area (Å²) >= 11 is 0.654. The standard InChI is InChI=1S/C14H17N3O4S2.ClH/c15-9-11-16(10-8-12-4-2-1-3-5-12)23(20,21)14-7-6-13(22-14)17(18)19;/h1-7H,8-11,15H2;1H. The normalized spacial score (nSPS) is 11.2. The van der Waals surface area contributed by atoms with Gasteiger partial charge in [0.25, 0.3) is 10.0 Å².